The van der Waals surface area contributed by atoms with Crippen LogP contribution in [0, 0.1) is 6.92 Å². The zero-order valence-corrected chi connectivity index (χ0v) is 15.8. The van der Waals surface area contributed by atoms with Crippen LogP contribution in [0.5, 0.6) is 5.88 Å². The van der Waals surface area contributed by atoms with Gasteiger partial charge in [-0.1, -0.05) is 0 Å². The van der Waals surface area contributed by atoms with E-state index in [1.165, 1.54) is 6.92 Å². The van der Waals surface area contributed by atoms with E-state index in [9.17, 15) is 9.59 Å². The monoisotopic (exact) mass is 366 g/mol. The number of likely N-dealkylation sites (tertiary alicyclic amines) is 1. The van der Waals surface area contributed by atoms with E-state index >= 15 is 0 Å². The molecule has 8 heteroatoms. The Bertz CT molecular complexity index is 599. The van der Waals surface area contributed by atoms with E-state index in [1.807, 2.05) is 13.2 Å². The molecule has 1 fully saturated rings. The molecular weight excluding hydrogens is 340 g/mol. The minimum Gasteiger partial charge on any atom is -0.472 e. The molecular formula is C17H26N4O3S. The standard InChI is InChI=1S/C17H26N4O3S/c1-12-18-8-6-16(19-12)24-14-5-4-9-21(11-14)17(23)15(7-10-25-3)20-13(2)22/h6,8,14-15H,4-5,7,9-11H2,1-3H3,(H,20,22). The molecule has 1 aromatic rings. The lowest BCUT2D eigenvalue weighted by Crippen LogP contribution is -2.52. The maximum absolute atomic E-state index is 12.8. The van der Waals surface area contributed by atoms with Crippen LogP contribution >= 0.6 is 11.8 Å². The third kappa shape index (κ3) is 6.19. The van der Waals surface area contributed by atoms with Gasteiger partial charge < -0.3 is 15.0 Å². The maximum Gasteiger partial charge on any atom is 0.245 e. The van der Waals surface area contributed by atoms with E-state index in [1.54, 1.807) is 28.9 Å². The molecule has 0 aromatic carbocycles. The highest BCUT2D eigenvalue weighted by molar-refractivity contribution is 7.98. The van der Waals surface area contributed by atoms with Crippen molar-refractivity contribution in [3.63, 3.8) is 0 Å². The van der Waals surface area contributed by atoms with Crippen LogP contribution in [-0.4, -0.2) is 63.9 Å². The number of amides is 2. The summed E-state index contributed by atoms with van der Waals surface area (Å²) >= 11 is 1.66. The summed E-state index contributed by atoms with van der Waals surface area (Å²) in [7, 11) is 0. The average Bonchev–Trinajstić information content (AvgIpc) is 2.58. The van der Waals surface area contributed by atoms with Crippen LogP contribution < -0.4 is 10.1 Å². The second kappa shape index (κ2) is 9.60. The quantitative estimate of drug-likeness (QED) is 0.785. The fourth-order valence-corrected chi connectivity index (χ4v) is 3.34. The third-order valence-electron chi connectivity index (χ3n) is 4.01. The van der Waals surface area contributed by atoms with Crippen molar-refractivity contribution in [1.29, 1.82) is 0 Å². The van der Waals surface area contributed by atoms with Crippen LogP contribution in [0.1, 0.15) is 32.0 Å². The van der Waals surface area contributed by atoms with E-state index in [0.29, 0.717) is 31.2 Å². The topological polar surface area (TPSA) is 84.4 Å². The Kier molecular flexibility index (Phi) is 7.49. The van der Waals surface area contributed by atoms with Crippen LogP contribution in [-0.2, 0) is 9.59 Å². The summed E-state index contributed by atoms with van der Waals surface area (Å²) < 4.78 is 5.92. The summed E-state index contributed by atoms with van der Waals surface area (Å²) in [5.41, 5.74) is 0. The number of nitrogens with one attached hydrogen (secondary N) is 1. The van der Waals surface area contributed by atoms with E-state index < -0.39 is 6.04 Å². The van der Waals surface area contributed by atoms with Gasteiger partial charge in [-0.05, 0) is 38.2 Å². The number of ether oxygens (including phenoxy) is 1. The lowest BCUT2D eigenvalue weighted by atomic mass is 10.1. The molecule has 2 heterocycles. The first-order chi connectivity index (χ1) is 12.0. The number of thioether (sulfide) groups is 1. The van der Waals surface area contributed by atoms with Gasteiger partial charge in [0.05, 0.1) is 6.54 Å². The lowest BCUT2D eigenvalue weighted by molar-refractivity contribution is -0.138. The van der Waals surface area contributed by atoms with Crippen LogP contribution in [0.25, 0.3) is 0 Å². The average molecular weight is 366 g/mol. The van der Waals surface area contributed by atoms with Gasteiger partial charge in [-0.3, -0.25) is 9.59 Å². The predicted octanol–water partition coefficient (Wildman–Crippen LogP) is 1.41. The Balaban J connectivity index is 1.97. The summed E-state index contributed by atoms with van der Waals surface area (Å²) in [5, 5.41) is 2.78. The normalized spacial score (nSPS) is 18.5. The van der Waals surface area contributed by atoms with Gasteiger partial charge in [0, 0.05) is 25.7 Å². The molecule has 1 aromatic heterocycles. The molecule has 1 aliphatic rings. The van der Waals surface area contributed by atoms with E-state index in [-0.39, 0.29) is 17.9 Å². The van der Waals surface area contributed by atoms with Gasteiger partial charge in [0.25, 0.3) is 0 Å². The minimum atomic E-state index is -0.468. The fourth-order valence-electron chi connectivity index (χ4n) is 2.86. The molecule has 138 valence electrons. The zero-order valence-electron chi connectivity index (χ0n) is 15.0. The molecule has 1 N–H and O–H groups in total. The number of hydrogen-bond acceptors (Lipinski definition) is 6. The van der Waals surface area contributed by atoms with Gasteiger partial charge in [0.1, 0.15) is 18.0 Å². The van der Waals surface area contributed by atoms with Crippen molar-refractivity contribution in [2.75, 3.05) is 25.1 Å². The number of aromatic nitrogens is 2. The van der Waals surface area contributed by atoms with Crippen molar-refractivity contribution in [2.45, 2.75) is 45.3 Å². The number of piperidine rings is 1. The summed E-state index contributed by atoms with van der Waals surface area (Å²) in [6.45, 7) is 4.46. The second-order valence-corrected chi connectivity index (χ2v) is 7.13. The second-order valence-electron chi connectivity index (χ2n) is 6.14. The van der Waals surface area contributed by atoms with Crippen LogP contribution in [0.2, 0.25) is 0 Å². The predicted molar refractivity (Wildman–Crippen MR) is 97.6 cm³/mol. The summed E-state index contributed by atoms with van der Waals surface area (Å²) in [5.74, 6) is 1.80. The molecule has 0 aliphatic carbocycles. The highest BCUT2D eigenvalue weighted by Crippen LogP contribution is 2.18. The summed E-state index contributed by atoms with van der Waals surface area (Å²) in [6.07, 6.45) is 5.94. The zero-order chi connectivity index (χ0) is 18.2. The largest absolute Gasteiger partial charge is 0.472 e. The Labute approximate surface area is 152 Å². The van der Waals surface area contributed by atoms with E-state index in [2.05, 4.69) is 15.3 Å². The first-order valence-electron chi connectivity index (χ1n) is 8.50. The minimum absolute atomic E-state index is 0.0311. The SMILES string of the molecule is CSCCC(NC(C)=O)C(=O)N1CCCC(Oc2ccnc(C)n2)C1. The van der Waals surface area contributed by atoms with Crippen molar-refractivity contribution in [3.05, 3.63) is 18.1 Å². The third-order valence-corrected chi connectivity index (χ3v) is 4.66. The molecule has 0 bridgehead atoms. The fraction of sp³-hybridized carbons (Fsp3) is 0.647. The molecule has 2 atom stereocenters. The molecule has 0 saturated carbocycles. The van der Waals surface area contributed by atoms with Crippen molar-refractivity contribution < 1.29 is 14.3 Å². The smallest absolute Gasteiger partial charge is 0.245 e. The van der Waals surface area contributed by atoms with Crippen LogP contribution in [0.4, 0.5) is 0 Å². The Hall–Kier alpha value is -1.83. The van der Waals surface area contributed by atoms with Crippen molar-refractivity contribution in [2.24, 2.45) is 0 Å². The molecule has 0 radical (unpaired) electrons. The van der Waals surface area contributed by atoms with Crippen LogP contribution in [0.15, 0.2) is 12.3 Å². The number of carbonyl (C=O) groups is 2. The molecule has 2 rings (SSSR count). The van der Waals surface area contributed by atoms with Gasteiger partial charge in [0.2, 0.25) is 17.7 Å². The lowest BCUT2D eigenvalue weighted by Gasteiger charge is -2.34. The number of rotatable bonds is 7. The molecule has 2 unspecified atom stereocenters. The van der Waals surface area contributed by atoms with Crippen molar-refractivity contribution >= 4 is 23.6 Å². The number of nitrogens with zero attached hydrogens (tertiary/aromatic N) is 3. The number of carbonyl (C=O) groups excluding carboxylic acids is 2. The molecule has 25 heavy (non-hydrogen) atoms. The Morgan fingerprint density at radius 2 is 2.32 bits per heavy atom. The first-order valence-corrected chi connectivity index (χ1v) is 9.90. The van der Waals surface area contributed by atoms with E-state index in [0.717, 1.165) is 18.6 Å². The van der Waals surface area contributed by atoms with Gasteiger partial charge in [-0.15, -0.1) is 0 Å². The number of hydrogen-bond donors (Lipinski definition) is 1. The number of aryl methyl sites for hydroxylation is 1. The highest BCUT2D eigenvalue weighted by Gasteiger charge is 2.30. The Morgan fingerprint density at radius 3 is 3.00 bits per heavy atom. The molecule has 2 amide bonds. The van der Waals surface area contributed by atoms with Crippen LogP contribution in [0.3, 0.4) is 0 Å². The van der Waals surface area contributed by atoms with Gasteiger partial charge in [-0.2, -0.15) is 16.7 Å². The molecule has 1 saturated heterocycles. The molecule has 1 aliphatic heterocycles. The van der Waals surface area contributed by atoms with Gasteiger partial charge in [-0.25, -0.2) is 4.98 Å². The van der Waals surface area contributed by atoms with Crippen molar-refractivity contribution in [1.82, 2.24) is 20.2 Å². The molecule has 7 nitrogen and oxygen atoms in total. The highest BCUT2D eigenvalue weighted by atomic mass is 32.2. The summed E-state index contributed by atoms with van der Waals surface area (Å²) in [4.78, 5) is 34.3. The Morgan fingerprint density at radius 1 is 1.52 bits per heavy atom. The van der Waals surface area contributed by atoms with Gasteiger partial charge >= 0.3 is 0 Å². The van der Waals surface area contributed by atoms with Crippen molar-refractivity contribution in [3.8, 4) is 5.88 Å². The molecule has 0 spiro atoms. The first kappa shape index (κ1) is 19.5. The summed E-state index contributed by atoms with van der Waals surface area (Å²) in [6, 6.07) is 1.26. The van der Waals surface area contributed by atoms with Gasteiger partial charge in [0.15, 0.2) is 0 Å². The maximum atomic E-state index is 12.8. The van der Waals surface area contributed by atoms with E-state index in [4.69, 9.17) is 4.74 Å².